The maximum Gasteiger partial charge on any atom is 0.261 e. The number of fused-ring (bicyclic) bond motifs is 5. The molecule has 0 amide bonds. The van der Waals surface area contributed by atoms with E-state index in [-0.39, 0.29) is 4.90 Å². The summed E-state index contributed by atoms with van der Waals surface area (Å²) in [6.07, 6.45) is 0. The first-order valence-electron chi connectivity index (χ1n) is 9.54. The van der Waals surface area contributed by atoms with Crippen molar-refractivity contribution in [3.05, 3.63) is 83.4 Å². The van der Waals surface area contributed by atoms with Crippen LogP contribution in [0.2, 0.25) is 0 Å². The number of hydrogen-bond donors (Lipinski definition) is 2. The summed E-state index contributed by atoms with van der Waals surface area (Å²) in [7, 11) is -3.67. The Balaban J connectivity index is 1.57. The highest BCUT2D eigenvalue weighted by atomic mass is 32.2. The third-order valence-electron chi connectivity index (χ3n) is 6.21. The van der Waals surface area contributed by atoms with Gasteiger partial charge in [-0.25, -0.2) is 8.42 Å². The summed E-state index contributed by atoms with van der Waals surface area (Å²) in [5.74, 6) is 0.760. The van der Waals surface area contributed by atoms with Crippen LogP contribution in [0.1, 0.15) is 30.5 Å². The molecule has 5 rings (SSSR count). The standard InChI is InChI=1S/C23H22N2O3S/c1-15-8-11-17(12-9-15)29(26,27)25-16-10-13-21-19(14-16)22(2)18-6-4-5-7-20(18)24-23(22,3)28-21/h4-14,24-25H,1-3H3/t22-,23+/m0/s1. The number of benzene rings is 3. The molecule has 2 aliphatic heterocycles. The molecule has 0 fully saturated rings. The van der Waals surface area contributed by atoms with Crippen molar-refractivity contribution in [3.8, 4) is 5.75 Å². The zero-order valence-electron chi connectivity index (χ0n) is 16.5. The SMILES string of the molecule is Cc1ccc(S(=O)(=O)Nc2ccc3c(c2)[C@]2(C)c4ccccc4N[C@]2(C)O3)cc1. The van der Waals surface area contributed by atoms with Crippen molar-refractivity contribution < 1.29 is 13.2 Å². The van der Waals surface area contributed by atoms with Gasteiger partial charge in [-0.05, 0) is 62.7 Å². The van der Waals surface area contributed by atoms with E-state index in [9.17, 15) is 8.42 Å². The number of para-hydroxylation sites is 1. The van der Waals surface area contributed by atoms with Crippen molar-refractivity contribution in [2.45, 2.75) is 36.8 Å². The van der Waals surface area contributed by atoms with Crippen LogP contribution < -0.4 is 14.8 Å². The fourth-order valence-electron chi connectivity index (χ4n) is 4.42. The molecule has 29 heavy (non-hydrogen) atoms. The third kappa shape index (κ3) is 2.48. The summed E-state index contributed by atoms with van der Waals surface area (Å²) in [6, 6.07) is 20.4. The number of hydrogen-bond acceptors (Lipinski definition) is 4. The van der Waals surface area contributed by atoms with E-state index in [2.05, 4.69) is 23.0 Å². The lowest BCUT2D eigenvalue weighted by Crippen LogP contribution is -2.49. The molecule has 0 radical (unpaired) electrons. The van der Waals surface area contributed by atoms with Crippen LogP contribution in [0, 0.1) is 6.92 Å². The van der Waals surface area contributed by atoms with Gasteiger partial charge >= 0.3 is 0 Å². The first-order valence-corrected chi connectivity index (χ1v) is 11.0. The third-order valence-corrected chi connectivity index (χ3v) is 7.61. The quantitative estimate of drug-likeness (QED) is 0.665. The van der Waals surface area contributed by atoms with E-state index in [4.69, 9.17) is 4.74 Å². The Kier molecular flexibility index (Phi) is 3.59. The van der Waals surface area contributed by atoms with Gasteiger partial charge in [0.05, 0.1) is 10.3 Å². The Morgan fingerprint density at radius 3 is 2.41 bits per heavy atom. The second-order valence-electron chi connectivity index (χ2n) is 8.06. The van der Waals surface area contributed by atoms with Gasteiger partial charge in [0.2, 0.25) is 0 Å². The highest BCUT2D eigenvalue weighted by Gasteiger charge is 2.60. The van der Waals surface area contributed by atoms with Gasteiger partial charge < -0.3 is 10.1 Å². The van der Waals surface area contributed by atoms with Crippen LogP contribution in [0.15, 0.2) is 71.6 Å². The molecule has 148 valence electrons. The summed E-state index contributed by atoms with van der Waals surface area (Å²) >= 11 is 0. The zero-order chi connectivity index (χ0) is 20.4. The second-order valence-corrected chi connectivity index (χ2v) is 9.74. The molecule has 0 unspecified atom stereocenters. The molecule has 6 heteroatoms. The maximum atomic E-state index is 12.8. The van der Waals surface area contributed by atoms with Crippen molar-refractivity contribution >= 4 is 21.4 Å². The first-order chi connectivity index (χ1) is 13.7. The lowest BCUT2D eigenvalue weighted by molar-refractivity contribution is 0.102. The van der Waals surface area contributed by atoms with Crippen molar-refractivity contribution in [1.82, 2.24) is 0 Å². The summed E-state index contributed by atoms with van der Waals surface area (Å²) in [5.41, 5.74) is 3.59. The van der Waals surface area contributed by atoms with E-state index in [1.807, 2.05) is 44.2 Å². The summed E-state index contributed by atoms with van der Waals surface area (Å²) in [6.45, 7) is 6.09. The van der Waals surface area contributed by atoms with E-state index in [0.29, 0.717) is 5.69 Å². The lowest BCUT2D eigenvalue weighted by atomic mass is 9.73. The molecule has 0 saturated carbocycles. The number of ether oxygens (including phenoxy) is 1. The monoisotopic (exact) mass is 406 g/mol. The van der Waals surface area contributed by atoms with Crippen molar-refractivity contribution in [2.75, 3.05) is 10.0 Å². The fourth-order valence-corrected chi connectivity index (χ4v) is 5.47. The summed E-state index contributed by atoms with van der Waals surface area (Å²) in [5, 5.41) is 3.50. The van der Waals surface area contributed by atoms with Crippen LogP contribution in [0.4, 0.5) is 11.4 Å². The Bertz CT molecular complexity index is 1240. The first kappa shape index (κ1) is 18.1. The van der Waals surface area contributed by atoms with Crippen LogP contribution in [-0.2, 0) is 15.4 Å². The van der Waals surface area contributed by atoms with E-state index < -0.39 is 21.2 Å². The summed E-state index contributed by atoms with van der Waals surface area (Å²) in [4.78, 5) is 0.240. The molecular formula is C23H22N2O3S. The van der Waals surface area contributed by atoms with Crippen molar-refractivity contribution in [1.29, 1.82) is 0 Å². The van der Waals surface area contributed by atoms with Crippen LogP contribution in [0.5, 0.6) is 5.75 Å². The van der Waals surface area contributed by atoms with Gasteiger partial charge in [0.25, 0.3) is 10.0 Å². The lowest BCUT2D eigenvalue weighted by Gasteiger charge is -2.33. The predicted octanol–water partition coefficient (Wildman–Crippen LogP) is 4.64. The minimum atomic E-state index is -3.67. The van der Waals surface area contributed by atoms with Gasteiger partial charge in [-0.3, -0.25) is 4.72 Å². The van der Waals surface area contributed by atoms with Crippen LogP contribution in [-0.4, -0.2) is 14.1 Å². The molecule has 5 nitrogen and oxygen atoms in total. The van der Waals surface area contributed by atoms with E-state index >= 15 is 0 Å². The van der Waals surface area contributed by atoms with Gasteiger partial charge in [-0.2, -0.15) is 0 Å². The molecule has 0 saturated heterocycles. The number of nitrogens with one attached hydrogen (secondary N) is 2. The van der Waals surface area contributed by atoms with Crippen molar-refractivity contribution in [2.24, 2.45) is 0 Å². The van der Waals surface area contributed by atoms with Crippen LogP contribution in [0.3, 0.4) is 0 Å². The highest BCUT2D eigenvalue weighted by molar-refractivity contribution is 7.92. The Morgan fingerprint density at radius 2 is 1.66 bits per heavy atom. The Labute approximate surface area is 170 Å². The second kappa shape index (κ2) is 5.76. The Hall–Kier alpha value is -2.99. The van der Waals surface area contributed by atoms with E-state index in [1.165, 1.54) is 0 Å². The summed E-state index contributed by atoms with van der Waals surface area (Å²) < 4.78 is 34.7. The molecule has 0 aromatic heterocycles. The van der Waals surface area contributed by atoms with Crippen LogP contribution in [0.25, 0.3) is 0 Å². The molecule has 0 bridgehead atoms. The smallest absolute Gasteiger partial charge is 0.261 e. The molecule has 3 aromatic rings. The predicted molar refractivity (Wildman–Crippen MR) is 114 cm³/mol. The maximum absolute atomic E-state index is 12.8. The van der Waals surface area contributed by atoms with Gasteiger partial charge in [0.1, 0.15) is 5.75 Å². The van der Waals surface area contributed by atoms with Crippen molar-refractivity contribution in [3.63, 3.8) is 0 Å². The molecular weight excluding hydrogens is 384 g/mol. The zero-order valence-corrected chi connectivity index (χ0v) is 17.3. The highest BCUT2D eigenvalue weighted by Crippen LogP contribution is 2.59. The van der Waals surface area contributed by atoms with E-state index in [1.54, 1.807) is 30.3 Å². The number of rotatable bonds is 3. The molecule has 0 aliphatic carbocycles. The van der Waals surface area contributed by atoms with Gasteiger partial charge in [-0.1, -0.05) is 35.9 Å². The molecule has 2 atom stereocenters. The average Bonchev–Trinajstić information content (AvgIpc) is 3.03. The van der Waals surface area contributed by atoms with Gasteiger partial charge in [0, 0.05) is 16.9 Å². The minimum absolute atomic E-state index is 0.240. The Morgan fingerprint density at radius 1 is 0.931 bits per heavy atom. The topological polar surface area (TPSA) is 67.4 Å². The molecule has 3 aromatic carbocycles. The minimum Gasteiger partial charge on any atom is -0.467 e. The van der Waals surface area contributed by atoms with Gasteiger partial charge in [0.15, 0.2) is 5.72 Å². The largest absolute Gasteiger partial charge is 0.467 e. The number of sulfonamides is 1. The molecule has 2 N–H and O–H groups in total. The average molecular weight is 407 g/mol. The normalized spacial score (nSPS) is 24.1. The molecule has 2 heterocycles. The van der Waals surface area contributed by atoms with Crippen LogP contribution >= 0.6 is 0 Å². The number of anilines is 2. The van der Waals surface area contributed by atoms with E-state index in [0.717, 1.165) is 28.1 Å². The molecule has 2 aliphatic rings. The molecule has 0 spiro atoms. The van der Waals surface area contributed by atoms with Gasteiger partial charge in [-0.15, -0.1) is 0 Å². The number of aryl methyl sites for hydroxylation is 1. The fraction of sp³-hybridized carbons (Fsp3) is 0.217.